The number of aliphatic imine (C=N–C) groups is 1. The minimum Gasteiger partial charge on any atom is -0.369 e. The molecule has 0 unspecified atom stereocenters. The van der Waals surface area contributed by atoms with Crippen molar-refractivity contribution in [1.82, 2.24) is 4.90 Å². The highest BCUT2D eigenvalue weighted by molar-refractivity contribution is 5.99. The van der Waals surface area contributed by atoms with E-state index >= 15 is 0 Å². The van der Waals surface area contributed by atoms with Crippen LogP contribution in [0.25, 0.3) is 0 Å². The third kappa shape index (κ3) is 4.76. The van der Waals surface area contributed by atoms with Crippen LogP contribution in [-0.2, 0) is 12.4 Å². The smallest absolute Gasteiger partial charge is 0.369 e. The molecule has 1 aromatic carbocycles. The fourth-order valence-corrected chi connectivity index (χ4v) is 1.32. The lowest BCUT2D eigenvalue weighted by Gasteiger charge is -2.13. The van der Waals surface area contributed by atoms with Gasteiger partial charge >= 0.3 is 12.4 Å². The molecule has 0 aliphatic heterocycles. The first-order valence-corrected chi connectivity index (χ1v) is 5.45. The highest BCUT2D eigenvalue weighted by Gasteiger charge is 2.37. The average Bonchev–Trinajstić information content (AvgIpc) is 2.33. The predicted molar refractivity (Wildman–Crippen MR) is 63.0 cm³/mol. The Morgan fingerprint density at radius 2 is 1.43 bits per heavy atom. The molecule has 0 spiro atoms. The van der Waals surface area contributed by atoms with E-state index in [4.69, 9.17) is 0 Å². The highest BCUT2D eigenvalue weighted by atomic mass is 19.4. The van der Waals surface area contributed by atoms with E-state index < -0.39 is 35.0 Å². The molecule has 0 aliphatic carbocycles. The minimum atomic E-state index is -5.00. The van der Waals surface area contributed by atoms with E-state index in [1.54, 1.807) is 0 Å². The van der Waals surface area contributed by atoms with Gasteiger partial charge in [-0.2, -0.15) is 31.3 Å². The second kappa shape index (κ2) is 5.74. The summed E-state index contributed by atoms with van der Waals surface area (Å²) in [7, 11) is 2.98. The van der Waals surface area contributed by atoms with Gasteiger partial charge in [0.1, 0.15) is 0 Å². The Morgan fingerprint density at radius 1 is 1.00 bits per heavy atom. The Hall–Kier alpha value is -2.06. The fraction of sp³-hybridized carbons (Fsp3) is 0.333. The molecule has 0 aliphatic rings. The highest BCUT2D eigenvalue weighted by Crippen LogP contribution is 2.36. The molecular formula is C12H10F6N2O. The summed E-state index contributed by atoms with van der Waals surface area (Å²) < 4.78 is 75.5. The molecule has 1 aromatic rings. The van der Waals surface area contributed by atoms with Gasteiger partial charge in [-0.3, -0.25) is 4.79 Å². The third-order valence-corrected chi connectivity index (χ3v) is 2.24. The molecule has 1 rings (SSSR count). The first-order chi connectivity index (χ1) is 9.41. The lowest BCUT2D eigenvalue weighted by Crippen LogP contribution is -2.14. The van der Waals surface area contributed by atoms with Gasteiger partial charge in [-0.1, -0.05) is 0 Å². The van der Waals surface area contributed by atoms with Crippen molar-refractivity contribution in [3.05, 3.63) is 34.9 Å². The molecule has 1 amide bonds. The number of benzene rings is 1. The maximum atomic E-state index is 12.6. The molecule has 0 radical (unpaired) electrons. The number of carbonyl (C=O) groups is 1. The summed E-state index contributed by atoms with van der Waals surface area (Å²) in [5, 5.41) is 0. The standard InChI is InChI=1S/C12H10F6N2O/c1-20(2)6-19-10(21)7-3-8(11(13,14)15)5-9(4-7)12(16,17)18/h3-6H,1-2H3/b19-6+. The number of hydrogen-bond acceptors (Lipinski definition) is 1. The molecule has 21 heavy (non-hydrogen) atoms. The number of nitrogens with zero attached hydrogens (tertiary/aromatic N) is 2. The summed E-state index contributed by atoms with van der Waals surface area (Å²) in [6, 6.07) is 0.627. The topological polar surface area (TPSA) is 32.7 Å². The van der Waals surface area contributed by atoms with E-state index in [0.29, 0.717) is 12.1 Å². The van der Waals surface area contributed by atoms with Crippen LogP contribution in [0.2, 0.25) is 0 Å². The van der Waals surface area contributed by atoms with Crippen LogP contribution >= 0.6 is 0 Å². The largest absolute Gasteiger partial charge is 0.416 e. The summed E-state index contributed by atoms with van der Waals surface area (Å²) >= 11 is 0. The van der Waals surface area contributed by atoms with E-state index in [9.17, 15) is 31.1 Å². The molecular weight excluding hydrogens is 302 g/mol. The number of hydrogen-bond donors (Lipinski definition) is 0. The monoisotopic (exact) mass is 312 g/mol. The molecule has 0 bridgehead atoms. The third-order valence-electron chi connectivity index (χ3n) is 2.24. The van der Waals surface area contributed by atoms with E-state index in [0.717, 1.165) is 6.34 Å². The van der Waals surface area contributed by atoms with Gasteiger partial charge in [0.15, 0.2) is 0 Å². The van der Waals surface area contributed by atoms with Crippen molar-refractivity contribution in [3.63, 3.8) is 0 Å². The SMILES string of the molecule is CN(C)/C=N/C(=O)c1cc(C(F)(F)F)cc(C(F)(F)F)c1. The van der Waals surface area contributed by atoms with Crippen LogP contribution in [0.3, 0.4) is 0 Å². The molecule has 116 valence electrons. The Labute approximate surface area is 115 Å². The maximum absolute atomic E-state index is 12.6. The van der Waals surface area contributed by atoms with Crippen molar-refractivity contribution in [2.24, 2.45) is 4.99 Å². The van der Waals surface area contributed by atoms with Crippen LogP contribution in [0, 0.1) is 0 Å². The van der Waals surface area contributed by atoms with Gasteiger partial charge in [0.25, 0.3) is 5.91 Å². The Morgan fingerprint density at radius 3 is 1.76 bits per heavy atom. The first kappa shape index (κ1) is 17.0. The van der Waals surface area contributed by atoms with Crippen molar-refractivity contribution in [2.75, 3.05) is 14.1 Å². The number of amides is 1. The van der Waals surface area contributed by atoms with Gasteiger partial charge < -0.3 is 4.90 Å². The average molecular weight is 312 g/mol. The Bertz CT molecular complexity index is 528. The van der Waals surface area contributed by atoms with Crippen molar-refractivity contribution in [2.45, 2.75) is 12.4 Å². The fourth-order valence-electron chi connectivity index (χ4n) is 1.32. The molecule has 9 heteroatoms. The number of alkyl halides is 6. The van der Waals surface area contributed by atoms with Crippen molar-refractivity contribution >= 4 is 12.2 Å². The van der Waals surface area contributed by atoms with Crippen LogP contribution in [0.5, 0.6) is 0 Å². The summed E-state index contributed by atoms with van der Waals surface area (Å²) in [5.74, 6) is -1.19. The lowest BCUT2D eigenvalue weighted by molar-refractivity contribution is -0.143. The summed E-state index contributed by atoms with van der Waals surface area (Å²) in [6.07, 6.45) is -9.01. The lowest BCUT2D eigenvalue weighted by atomic mass is 10.0. The van der Waals surface area contributed by atoms with Crippen LogP contribution in [0.4, 0.5) is 26.3 Å². The van der Waals surface area contributed by atoms with E-state index in [1.807, 2.05) is 0 Å². The normalized spacial score (nSPS) is 12.8. The van der Waals surface area contributed by atoms with E-state index in [2.05, 4.69) is 4.99 Å². The van der Waals surface area contributed by atoms with Gasteiger partial charge in [0, 0.05) is 19.7 Å². The molecule has 3 nitrogen and oxygen atoms in total. The van der Waals surface area contributed by atoms with Crippen LogP contribution in [-0.4, -0.2) is 31.2 Å². The van der Waals surface area contributed by atoms with Gasteiger partial charge in [-0.05, 0) is 18.2 Å². The summed E-state index contributed by atoms with van der Waals surface area (Å²) in [4.78, 5) is 16.1. The zero-order valence-electron chi connectivity index (χ0n) is 10.9. The second-order valence-corrected chi connectivity index (χ2v) is 4.31. The molecule has 0 saturated carbocycles. The Balaban J connectivity index is 3.36. The van der Waals surface area contributed by atoms with Crippen LogP contribution in [0.15, 0.2) is 23.2 Å². The number of halogens is 6. The zero-order chi connectivity index (χ0) is 16.4. The quantitative estimate of drug-likeness (QED) is 0.476. The van der Waals surface area contributed by atoms with Gasteiger partial charge in [-0.25, -0.2) is 0 Å². The van der Waals surface area contributed by atoms with Crippen LogP contribution < -0.4 is 0 Å². The summed E-state index contributed by atoms with van der Waals surface area (Å²) in [6.45, 7) is 0. The number of carbonyl (C=O) groups excluding carboxylic acids is 1. The molecule has 0 heterocycles. The molecule has 0 N–H and O–H groups in total. The van der Waals surface area contributed by atoms with Gasteiger partial charge in [0.05, 0.1) is 17.5 Å². The first-order valence-electron chi connectivity index (χ1n) is 5.45. The van der Waals surface area contributed by atoms with Gasteiger partial charge in [0.2, 0.25) is 0 Å². The van der Waals surface area contributed by atoms with Crippen molar-refractivity contribution in [3.8, 4) is 0 Å². The molecule has 0 fully saturated rings. The van der Waals surface area contributed by atoms with Gasteiger partial charge in [-0.15, -0.1) is 0 Å². The predicted octanol–water partition coefficient (Wildman–Crippen LogP) is 3.45. The van der Waals surface area contributed by atoms with Crippen molar-refractivity contribution in [1.29, 1.82) is 0 Å². The zero-order valence-corrected chi connectivity index (χ0v) is 10.9. The molecule has 0 atom stereocenters. The van der Waals surface area contributed by atoms with Crippen molar-refractivity contribution < 1.29 is 31.1 Å². The minimum absolute atomic E-state index is 0.0492. The maximum Gasteiger partial charge on any atom is 0.416 e. The molecule has 0 aromatic heterocycles. The van der Waals surface area contributed by atoms with E-state index in [1.165, 1.54) is 19.0 Å². The second-order valence-electron chi connectivity index (χ2n) is 4.31. The van der Waals surface area contributed by atoms with Crippen LogP contribution in [0.1, 0.15) is 21.5 Å². The Kier molecular flexibility index (Phi) is 4.65. The molecule has 0 saturated heterocycles. The van der Waals surface area contributed by atoms with E-state index in [-0.39, 0.29) is 6.07 Å². The number of rotatable bonds is 2. The summed E-state index contributed by atoms with van der Waals surface area (Å²) in [5.41, 5.74) is -3.89.